The maximum Gasteiger partial charge on any atom is 0.191 e. The van der Waals surface area contributed by atoms with Gasteiger partial charge in [-0.25, -0.2) is 0 Å². The maximum absolute atomic E-state index is 5.59. The molecule has 0 radical (unpaired) electrons. The van der Waals surface area contributed by atoms with Crippen LogP contribution in [-0.4, -0.2) is 58.3 Å². The summed E-state index contributed by atoms with van der Waals surface area (Å²) in [5, 5.41) is 6.54. The molecule has 130 valence electrons. The van der Waals surface area contributed by atoms with E-state index in [1.54, 1.807) is 13.4 Å². The first-order valence-corrected chi connectivity index (χ1v) is 8.03. The molecule has 0 amide bonds. The number of rotatable bonds is 9. The molecule has 0 bridgehead atoms. The van der Waals surface area contributed by atoms with Gasteiger partial charge in [0.1, 0.15) is 5.76 Å². The third kappa shape index (κ3) is 6.60. The molecule has 0 spiro atoms. The van der Waals surface area contributed by atoms with E-state index in [9.17, 15) is 0 Å². The van der Waals surface area contributed by atoms with Crippen LogP contribution in [0.5, 0.6) is 0 Å². The maximum atomic E-state index is 5.59. The normalized spacial score (nSPS) is 17.4. The van der Waals surface area contributed by atoms with Gasteiger partial charge in [-0.1, -0.05) is 0 Å². The second-order valence-electron chi connectivity index (χ2n) is 5.49. The molecule has 23 heavy (non-hydrogen) atoms. The van der Waals surface area contributed by atoms with E-state index >= 15 is 0 Å². The van der Waals surface area contributed by atoms with Crippen molar-refractivity contribution in [2.75, 3.05) is 46.6 Å². The van der Waals surface area contributed by atoms with Gasteiger partial charge in [-0.3, -0.25) is 4.99 Å². The summed E-state index contributed by atoms with van der Waals surface area (Å²) in [5.74, 6) is 1.21. The molecule has 1 aliphatic heterocycles. The van der Waals surface area contributed by atoms with Crippen molar-refractivity contribution in [3.8, 4) is 0 Å². The number of nitrogens with zero attached hydrogens (tertiary/aromatic N) is 1. The largest absolute Gasteiger partial charge is 0.469 e. The van der Waals surface area contributed by atoms with Crippen LogP contribution in [0.4, 0.5) is 0 Å². The molecule has 1 fully saturated rings. The van der Waals surface area contributed by atoms with Gasteiger partial charge in [0.25, 0.3) is 0 Å². The van der Waals surface area contributed by atoms with E-state index in [1.807, 2.05) is 19.1 Å². The third-order valence-corrected chi connectivity index (χ3v) is 3.58. The summed E-state index contributed by atoms with van der Waals surface area (Å²) >= 11 is 0. The number of nitrogens with one attached hydrogen (secondary N) is 2. The van der Waals surface area contributed by atoms with Crippen LogP contribution in [0.25, 0.3) is 0 Å². The van der Waals surface area contributed by atoms with Crippen LogP contribution in [0, 0.1) is 0 Å². The molecule has 1 saturated heterocycles. The topological polar surface area (TPSA) is 77.2 Å². The van der Waals surface area contributed by atoms with Crippen molar-refractivity contribution in [1.82, 2.24) is 10.6 Å². The fraction of sp³-hybridized carbons (Fsp3) is 0.688. The molecule has 1 aromatic rings. The number of guanidine groups is 1. The second-order valence-corrected chi connectivity index (χ2v) is 5.49. The Morgan fingerprint density at radius 1 is 1.30 bits per heavy atom. The molecule has 0 atom stereocenters. The zero-order chi connectivity index (χ0) is 16.4. The lowest BCUT2D eigenvalue weighted by Crippen LogP contribution is -2.40. The zero-order valence-corrected chi connectivity index (χ0v) is 14.0. The van der Waals surface area contributed by atoms with E-state index in [4.69, 9.17) is 18.6 Å². The van der Waals surface area contributed by atoms with Crippen molar-refractivity contribution >= 4 is 5.96 Å². The smallest absolute Gasteiger partial charge is 0.191 e. The van der Waals surface area contributed by atoms with Gasteiger partial charge in [0.15, 0.2) is 11.7 Å². The van der Waals surface area contributed by atoms with Crippen LogP contribution in [-0.2, 0) is 20.6 Å². The summed E-state index contributed by atoms with van der Waals surface area (Å²) in [7, 11) is 1.68. The van der Waals surface area contributed by atoms with Crippen LogP contribution in [0.15, 0.2) is 27.8 Å². The van der Waals surface area contributed by atoms with Crippen LogP contribution in [0.3, 0.4) is 0 Å². The summed E-state index contributed by atoms with van der Waals surface area (Å²) in [6.07, 6.45) is 3.22. The Kier molecular flexibility index (Phi) is 7.38. The Labute approximate surface area is 137 Å². The summed E-state index contributed by atoms with van der Waals surface area (Å²) in [5.41, 5.74) is 0. The van der Waals surface area contributed by atoms with Crippen LogP contribution in [0.2, 0.25) is 0 Å². The van der Waals surface area contributed by atoms with Crippen LogP contribution < -0.4 is 10.6 Å². The molecule has 1 aliphatic rings. The summed E-state index contributed by atoms with van der Waals surface area (Å²) in [6, 6.07) is 3.86. The van der Waals surface area contributed by atoms with Crippen molar-refractivity contribution in [2.24, 2.45) is 4.99 Å². The Balaban J connectivity index is 1.75. The molecule has 0 aromatic carbocycles. The lowest BCUT2D eigenvalue weighted by atomic mass is 10.2. The molecular weight excluding hydrogens is 298 g/mol. The Hall–Kier alpha value is -1.57. The molecule has 1 aromatic heterocycles. The zero-order valence-electron chi connectivity index (χ0n) is 14.0. The van der Waals surface area contributed by atoms with E-state index in [-0.39, 0.29) is 0 Å². The first kappa shape index (κ1) is 17.8. The average molecular weight is 325 g/mol. The number of aliphatic imine (C=N–C) groups is 1. The van der Waals surface area contributed by atoms with Gasteiger partial charge in [0.05, 0.1) is 26.1 Å². The van der Waals surface area contributed by atoms with E-state index in [2.05, 4.69) is 15.6 Å². The van der Waals surface area contributed by atoms with Crippen molar-refractivity contribution < 1.29 is 18.6 Å². The molecular formula is C16H27N3O4. The summed E-state index contributed by atoms with van der Waals surface area (Å²) < 4.78 is 21.6. The minimum Gasteiger partial charge on any atom is -0.469 e. The number of hydrogen-bond donors (Lipinski definition) is 2. The highest BCUT2D eigenvalue weighted by Gasteiger charge is 2.30. The van der Waals surface area contributed by atoms with Crippen molar-refractivity contribution in [3.05, 3.63) is 24.2 Å². The lowest BCUT2D eigenvalue weighted by Gasteiger charge is -2.21. The highest BCUT2D eigenvalue weighted by atomic mass is 16.7. The summed E-state index contributed by atoms with van der Waals surface area (Å²) in [4.78, 5) is 4.57. The number of furan rings is 1. The molecule has 0 unspecified atom stereocenters. The van der Waals surface area contributed by atoms with E-state index in [1.165, 1.54) is 0 Å². The standard InChI is InChI=1S/C16H27N3O4/c1-16(22-12-13-23-16)6-8-18-15(19-9-11-20-2)17-7-5-14-4-3-10-21-14/h3-4,10H,5-9,11-13H2,1-2H3,(H2,17,18,19). The summed E-state index contributed by atoms with van der Waals surface area (Å²) in [6.45, 7) is 5.96. The predicted molar refractivity (Wildman–Crippen MR) is 87.5 cm³/mol. The van der Waals surface area contributed by atoms with Crippen molar-refractivity contribution in [1.29, 1.82) is 0 Å². The predicted octanol–water partition coefficient (Wildman–Crippen LogP) is 1.16. The molecule has 2 heterocycles. The Morgan fingerprint density at radius 3 is 2.78 bits per heavy atom. The van der Waals surface area contributed by atoms with Crippen molar-refractivity contribution in [2.45, 2.75) is 25.6 Å². The van der Waals surface area contributed by atoms with Crippen LogP contribution >= 0.6 is 0 Å². The number of methoxy groups -OCH3 is 1. The van der Waals surface area contributed by atoms with Gasteiger partial charge < -0.3 is 29.3 Å². The Morgan fingerprint density at radius 2 is 2.09 bits per heavy atom. The third-order valence-electron chi connectivity index (χ3n) is 3.58. The average Bonchev–Trinajstić information content (AvgIpc) is 3.19. The number of ether oxygens (including phenoxy) is 3. The quantitative estimate of drug-likeness (QED) is 0.403. The van der Waals surface area contributed by atoms with E-state index in [0.29, 0.717) is 32.9 Å². The molecule has 2 N–H and O–H groups in total. The van der Waals surface area contributed by atoms with Gasteiger partial charge in [-0.2, -0.15) is 0 Å². The molecule has 7 heteroatoms. The van der Waals surface area contributed by atoms with Gasteiger partial charge in [-0.05, 0) is 19.1 Å². The first-order chi connectivity index (χ1) is 11.2. The minimum atomic E-state index is -0.505. The van der Waals surface area contributed by atoms with Crippen LogP contribution in [0.1, 0.15) is 19.1 Å². The monoisotopic (exact) mass is 325 g/mol. The SMILES string of the molecule is COCCNC(=NCCC1(C)OCCO1)NCCc1ccco1. The lowest BCUT2D eigenvalue weighted by molar-refractivity contribution is -0.144. The fourth-order valence-corrected chi connectivity index (χ4v) is 2.28. The second kappa shape index (κ2) is 9.54. The minimum absolute atomic E-state index is 0.505. The number of hydrogen-bond acceptors (Lipinski definition) is 5. The fourth-order valence-electron chi connectivity index (χ4n) is 2.28. The molecule has 0 saturated carbocycles. The van der Waals surface area contributed by atoms with E-state index < -0.39 is 5.79 Å². The van der Waals surface area contributed by atoms with Gasteiger partial charge in [-0.15, -0.1) is 0 Å². The highest BCUT2D eigenvalue weighted by molar-refractivity contribution is 5.79. The van der Waals surface area contributed by atoms with Crippen molar-refractivity contribution in [3.63, 3.8) is 0 Å². The van der Waals surface area contributed by atoms with Gasteiger partial charge in [0.2, 0.25) is 0 Å². The highest BCUT2D eigenvalue weighted by Crippen LogP contribution is 2.22. The van der Waals surface area contributed by atoms with E-state index in [0.717, 1.165) is 31.1 Å². The van der Waals surface area contributed by atoms with Gasteiger partial charge in [0, 0.05) is 39.6 Å². The van der Waals surface area contributed by atoms with Gasteiger partial charge >= 0.3 is 0 Å². The molecule has 0 aliphatic carbocycles. The Bertz CT molecular complexity index is 456. The first-order valence-electron chi connectivity index (χ1n) is 8.03. The molecule has 7 nitrogen and oxygen atoms in total. The molecule has 2 rings (SSSR count).